The number of fused-ring (bicyclic) bond motifs is 2. The third-order valence-electron chi connectivity index (χ3n) is 4.15. The SMILES string of the molecule is CCC1(CC)C(=O)Nc2cc3nc(C)[nH]c3cc21. The largest absolute Gasteiger partial charge is 0.342 e. The summed E-state index contributed by atoms with van der Waals surface area (Å²) >= 11 is 0. The highest BCUT2D eigenvalue weighted by atomic mass is 16.2. The lowest BCUT2D eigenvalue weighted by molar-refractivity contribution is -0.121. The number of aryl methyl sites for hydroxylation is 1. The third-order valence-corrected chi connectivity index (χ3v) is 4.15. The predicted octanol–water partition coefficient (Wildman–Crippen LogP) is 2.88. The smallest absolute Gasteiger partial charge is 0.235 e. The molecular formula is C14H17N3O. The molecule has 0 unspecified atom stereocenters. The standard InChI is InChI=1S/C14H17N3O/c1-4-14(5-2)9-6-11-12(16-8(3)15-11)7-10(9)17-13(14)18/h6-7H,4-5H2,1-3H3,(H,15,16)(H,17,18). The van der Waals surface area contributed by atoms with Gasteiger partial charge in [0.25, 0.3) is 0 Å². The molecule has 0 saturated carbocycles. The summed E-state index contributed by atoms with van der Waals surface area (Å²) in [6.45, 7) is 6.08. The first-order valence-electron chi connectivity index (χ1n) is 6.43. The van der Waals surface area contributed by atoms with Gasteiger partial charge in [-0.1, -0.05) is 13.8 Å². The van der Waals surface area contributed by atoms with Gasteiger partial charge in [0, 0.05) is 5.69 Å². The van der Waals surface area contributed by atoms with Crippen LogP contribution in [0.1, 0.15) is 38.1 Å². The van der Waals surface area contributed by atoms with Crippen LogP contribution in [-0.2, 0) is 10.2 Å². The van der Waals surface area contributed by atoms with Crippen LogP contribution in [0.2, 0.25) is 0 Å². The number of benzene rings is 1. The molecule has 2 N–H and O–H groups in total. The first kappa shape index (κ1) is 11.3. The Labute approximate surface area is 106 Å². The van der Waals surface area contributed by atoms with Crippen LogP contribution in [0.15, 0.2) is 12.1 Å². The van der Waals surface area contributed by atoms with Gasteiger partial charge >= 0.3 is 0 Å². The summed E-state index contributed by atoms with van der Waals surface area (Å²) in [5, 5.41) is 3.00. The van der Waals surface area contributed by atoms with E-state index in [0.29, 0.717) is 0 Å². The van der Waals surface area contributed by atoms with Gasteiger partial charge in [0.2, 0.25) is 5.91 Å². The van der Waals surface area contributed by atoms with E-state index < -0.39 is 0 Å². The van der Waals surface area contributed by atoms with E-state index in [9.17, 15) is 4.79 Å². The molecule has 2 aromatic rings. The fraction of sp³-hybridized carbons (Fsp3) is 0.429. The first-order chi connectivity index (χ1) is 8.60. The molecule has 0 bridgehead atoms. The minimum absolute atomic E-state index is 0.117. The van der Waals surface area contributed by atoms with Crippen molar-refractivity contribution in [2.75, 3.05) is 5.32 Å². The summed E-state index contributed by atoms with van der Waals surface area (Å²) in [6.07, 6.45) is 1.64. The fourth-order valence-corrected chi connectivity index (χ4v) is 3.00. The minimum Gasteiger partial charge on any atom is -0.342 e. The molecule has 0 aliphatic carbocycles. The number of carbonyl (C=O) groups excluding carboxylic acids is 1. The molecule has 1 aliphatic rings. The highest BCUT2D eigenvalue weighted by molar-refractivity contribution is 6.08. The second-order valence-corrected chi connectivity index (χ2v) is 4.98. The van der Waals surface area contributed by atoms with E-state index in [1.54, 1.807) is 0 Å². The second kappa shape index (κ2) is 3.57. The quantitative estimate of drug-likeness (QED) is 0.852. The molecule has 18 heavy (non-hydrogen) atoms. The Morgan fingerprint density at radius 2 is 2.00 bits per heavy atom. The van der Waals surface area contributed by atoms with Gasteiger partial charge in [0.15, 0.2) is 0 Å². The summed E-state index contributed by atoms with van der Waals surface area (Å²) < 4.78 is 0. The second-order valence-electron chi connectivity index (χ2n) is 4.98. The summed E-state index contributed by atoms with van der Waals surface area (Å²) in [4.78, 5) is 19.9. The number of H-pyrrole nitrogens is 1. The molecular weight excluding hydrogens is 226 g/mol. The zero-order chi connectivity index (χ0) is 12.9. The number of nitrogens with one attached hydrogen (secondary N) is 2. The zero-order valence-electron chi connectivity index (χ0n) is 10.9. The Morgan fingerprint density at radius 3 is 2.67 bits per heavy atom. The lowest BCUT2D eigenvalue weighted by atomic mass is 9.77. The van der Waals surface area contributed by atoms with Gasteiger partial charge in [-0.15, -0.1) is 0 Å². The van der Waals surface area contributed by atoms with Gasteiger partial charge in [-0.05, 0) is 37.5 Å². The van der Waals surface area contributed by atoms with Crippen molar-refractivity contribution in [3.8, 4) is 0 Å². The molecule has 3 rings (SSSR count). The van der Waals surface area contributed by atoms with Crippen molar-refractivity contribution in [1.82, 2.24) is 9.97 Å². The maximum Gasteiger partial charge on any atom is 0.235 e. The maximum atomic E-state index is 12.2. The molecule has 4 heteroatoms. The number of hydrogen-bond donors (Lipinski definition) is 2. The zero-order valence-corrected chi connectivity index (χ0v) is 10.9. The normalized spacial score (nSPS) is 16.9. The van der Waals surface area contributed by atoms with E-state index in [1.807, 2.05) is 13.0 Å². The van der Waals surface area contributed by atoms with Gasteiger partial charge in [-0.25, -0.2) is 4.98 Å². The molecule has 0 spiro atoms. The Hall–Kier alpha value is -1.84. The average molecular weight is 243 g/mol. The van der Waals surface area contributed by atoms with E-state index in [4.69, 9.17) is 0 Å². The lowest BCUT2D eigenvalue weighted by Gasteiger charge is -2.23. The Morgan fingerprint density at radius 1 is 1.28 bits per heavy atom. The van der Waals surface area contributed by atoms with Gasteiger partial charge in [-0.2, -0.15) is 0 Å². The minimum atomic E-state index is -0.372. The van der Waals surface area contributed by atoms with E-state index in [-0.39, 0.29) is 11.3 Å². The summed E-state index contributed by atoms with van der Waals surface area (Å²) in [5.41, 5.74) is 3.57. The van der Waals surface area contributed by atoms with E-state index >= 15 is 0 Å². The Kier molecular flexibility index (Phi) is 2.24. The molecule has 94 valence electrons. The van der Waals surface area contributed by atoms with Gasteiger partial charge < -0.3 is 10.3 Å². The third kappa shape index (κ3) is 1.26. The topological polar surface area (TPSA) is 57.8 Å². The van der Waals surface area contributed by atoms with Crippen molar-refractivity contribution in [2.24, 2.45) is 0 Å². The van der Waals surface area contributed by atoms with Crippen molar-refractivity contribution in [1.29, 1.82) is 0 Å². The number of aromatic amines is 1. The van der Waals surface area contributed by atoms with Crippen molar-refractivity contribution in [3.63, 3.8) is 0 Å². The monoisotopic (exact) mass is 243 g/mol. The van der Waals surface area contributed by atoms with Crippen molar-refractivity contribution in [3.05, 3.63) is 23.5 Å². The molecule has 1 aromatic heterocycles. The number of hydrogen-bond acceptors (Lipinski definition) is 2. The highest BCUT2D eigenvalue weighted by Gasteiger charge is 2.44. The molecule has 1 aliphatic heterocycles. The van der Waals surface area contributed by atoms with E-state index in [2.05, 4.69) is 35.2 Å². The lowest BCUT2D eigenvalue weighted by Crippen LogP contribution is -2.32. The van der Waals surface area contributed by atoms with E-state index in [0.717, 1.165) is 41.0 Å². The fourth-order valence-electron chi connectivity index (χ4n) is 3.00. The van der Waals surface area contributed by atoms with Gasteiger partial charge in [0.05, 0.1) is 16.4 Å². The predicted molar refractivity (Wildman–Crippen MR) is 71.7 cm³/mol. The number of nitrogens with zero attached hydrogens (tertiary/aromatic N) is 1. The molecule has 0 radical (unpaired) electrons. The molecule has 1 aromatic carbocycles. The summed E-state index contributed by atoms with van der Waals surface area (Å²) in [6, 6.07) is 4.05. The van der Waals surface area contributed by atoms with Gasteiger partial charge in [-0.3, -0.25) is 4.79 Å². The van der Waals surface area contributed by atoms with Crippen LogP contribution in [-0.4, -0.2) is 15.9 Å². The number of amides is 1. The number of aromatic nitrogens is 2. The number of anilines is 1. The van der Waals surface area contributed by atoms with Crippen LogP contribution in [0.4, 0.5) is 5.69 Å². The van der Waals surface area contributed by atoms with E-state index in [1.165, 1.54) is 0 Å². The Bertz CT molecular complexity index is 638. The highest BCUT2D eigenvalue weighted by Crippen LogP contribution is 2.43. The first-order valence-corrected chi connectivity index (χ1v) is 6.43. The summed E-state index contributed by atoms with van der Waals surface area (Å²) in [5.74, 6) is 1.02. The van der Waals surface area contributed by atoms with Crippen molar-refractivity contribution >= 4 is 22.6 Å². The van der Waals surface area contributed by atoms with Crippen LogP contribution in [0.3, 0.4) is 0 Å². The van der Waals surface area contributed by atoms with Crippen LogP contribution in [0.5, 0.6) is 0 Å². The number of carbonyl (C=O) groups is 1. The molecule has 0 fully saturated rings. The molecule has 2 heterocycles. The van der Waals surface area contributed by atoms with Gasteiger partial charge in [0.1, 0.15) is 5.82 Å². The number of rotatable bonds is 2. The van der Waals surface area contributed by atoms with Crippen LogP contribution in [0.25, 0.3) is 11.0 Å². The summed E-state index contributed by atoms with van der Waals surface area (Å²) in [7, 11) is 0. The van der Waals surface area contributed by atoms with Crippen LogP contribution >= 0.6 is 0 Å². The molecule has 0 atom stereocenters. The average Bonchev–Trinajstić information content (AvgIpc) is 2.82. The van der Waals surface area contributed by atoms with Crippen molar-refractivity contribution in [2.45, 2.75) is 39.0 Å². The number of imidazole rings is 1. The molecule has 1 amide bonds. The van der Waals surface area contributed by atoms with Crippen LogP contribution < -0.4 is 5.32 Å². The van der Waals surface area contributed by atoms with Crippen LogP contribution in [0, 0.1) is 6.92 Å². The molecule has 4 nitrogen and oxygen atoms in total. The van der Waals surface area contributed by atoms with Crippen molar-refractivity contribution < 1.29 is 4.79 Å². The Balaban J connectivity index is 2.28. The molecule has 0 saturated heterocycles. The maximum absolute atomic E-state index is 12.2.